The van der Waals surface area contributed by atoms with Gasteiger partial charge in [-0.25, -0.2) is 8.78 Å². The molecule has 1 amide bonds. The van der Waals surface area contributed by atoms with Crippen LogP contribution in [-0.4, -0.2) is 27.8 Å². The molecular weight excluding hydrogens is 304 g/mol. The first-order valence-electron chi connectivity index (χ1n) is 6.26. The maximum atomic E-state index is 13.0. The van der Waals surface area contributed by atoms with Gasteiger partial charge in [-0.05, 0) is 12.8 Å². The van der Waals surface area contributed by atoms with Gasteiger partial charge in [-0.2, -0.15) is 0 Å². The molecule has 1 heterocycles. The Bertz CT molecular complexity index is 483. The first kappa shape index (κ1) is 15.4. The predicted molar refractivity (Wildman–Crippen MR) is 76.4 cm³/mol. The minimum absolute atomic E-state index is 0.218. The van der Waals surface area contributed by atoms with Crippen LogP contribution in [0.15, 0.2) is 17.0 Å². The molecule has 8 heteroatoms. The van der Waals surface area contributed by atoms with Crippen molar-refractivity contribution in [2.24, 2.45) is 5.92 Å². The van der Waals surface area contributed by atoms with Crippen molar-refractivity contribution in [2.45, 2.75) is 35.9 Å². The minimum atomic E-state index is -2.62. The van der Waals surface area contributed by atoms with Crippen LogP contribution in [0.1, 0.15) is 25.7 Å². The second kappa shape index (κ2) is 6.62. The maximum Gasteiger partial charge on any atom is 0.248 e. The lowest BCUT2D eigenvalue weighted by Crippen LogP contribution is -2.31. The Morgan fingerprint density at radius 2 is 2.20 bits per heavy atom. The summed E-state index contributed by atoms with van der Waals surface area (Å²) in [5.41, 5.74) is 0. The normalized spacial score (nSPS) is 18.7. The van der Waals surface area contributed by atoms with E-state index in [2.05, 4.69) is 22.1 Å². The van der Waals surface area contributed by atoms with Crippen molar-refractivity contribution in [1.29, 1.82) is 0 Å². The third-order valence-corrected chi connectivity index (χ3v) is 5.02. The highest BCUT2D eigenvalue weighted by molar-refractivity contribution is 8.01. The molecule has 1 fully saturated rings. The van der Waals surface area contributed by atoms with Crippen LogP contribution in [0, 0.1) is 5.92 Å². The van der Waals surface area contributed by atoms with E-state index in [1.54, 1.807) is 6.08 Å². The molecule has 0 radical (unpaired) electrons. The third kappa shape index (κ3) is 4.24. The van der Waals surface area contributed by atoms with Crippen LogP contribution in [0.25, 0.3) is 0 Å². The molecule has 4 nitrogen and oxygen atoms in total. The fourth-order valence-electron chi connectivity index (χ4n) is 1.96. The van der Waals surface area contributed by atoms with E-state index in [1.165, 1.54) is 23.1 Å². The first-order chi connectivity index (χ1) is 9.50. The molecule has 0 spiro atoms. The number of nitrogens with one attached hydrogen (secondary N) is 1. The van der Waals surface area contributed by atoms with Gasteiger partial charge < -0.3 is 5.32 Å². The zero-order valence-electron chi connectivity index (χ0n) is 10.8. The van der Waals surface area contributed by atoms with E-state index in [0.717, 1.165) is 10.1 Å². The number of aromatic nitrogens is 2. The van der Waals surface area contributed by atoms with E-state index < -0.39 is 5.92 Å². The number of thioether (sulfide) groups is 1. The smallest absolute Gasteiger partial charge is 0.248 e. The first-order valence-corrected chi connectivity index (χ1v) is 8.06. The van der Waals surface area contributed by atoms with Gasteiger partial charge in [0.25, 0.3) is 0 Å². The molecule has 0 aliphatic heterocycles. The molecule has 0 unspecified atom stereocenters. The van der Waals surface area contributed by atoms with Gasteiger partial charge in [-0.3, -0.25) is 4.79 Å². The highest BCUT2D eigenvalue weighted by Crippen LogP contribution is 2.36. The van der Waals surface area contributed by atoms with Crippen LogP contribution in [0.4, 0.5) is 13.9 Å². The number of hydrogen-bond donors (Lipinski definition) is 1. The Kier molecular flexibility index (Phi) is 5.09. The summed E-state index contributed by atoms with van der Waals surface area (Å²) in [5, 5.41) is 10.9. The van der Waals surface area contributed by atoms with Crippen molar-refractivity contribution in [2.75, 3.05) is 11.1 Å². The average molecular weight is 319 g/mol. The molecule has 1 aromatic heterocycles. The number of rotatable bonds is 5. The Morgan fingerprint density at radius 3 is 2.85 bits per heavy atom. The molecule has 20 heavy (non-hydrogen) atoms. The van der Waals surface area contributed by atoms with Gasteiger partial charge in [-0.15, -0.1) is 16.8 Å². The molecule has 0 saturated heterocycles. The van der Waals surface area contributed by atoms with Crippen LogP contribution in [-0.2, 0) is 4.79 Å². The quantitative estimate of drug-likeness (QED) is 0.512. The van der Waals surface area contributed by atoms with Gasteiger partial charge >= 0.3 is 0 Å². The second-order valence-electron chi connectivity index (χ2n) is 4.59. The van der Waals surface area contributed by atoms with Crippen molar-refractivity contribution < 1.29 is 13.6 Å². The van der Waals surface area contributed by atoms with Gasteiger partial charge in [0, 0.05) is 24.5 Å². The summed E-state index contributed by atoms with van der Waals surface area (Å²) in [5.74, 6) is -2.49. The molecule has 0 atom stereocenters. The Labute approximate surface area is 124 Å². The molecular formula is C12H15F2N3OS2. The van der Waals surface area contributed by atoms with Gasteiger partial charge in [0.15, 0.2) is 4.34 Å². The zero-order chi connectivity index (χ0) is 14.6. The summed E-state index contributed by atoms with van der Waals surface area (Å²) in [4.78, 5) is 12.0. The second-order valence-corrected chi connectivity index (χ2v) is 6.84. The maximum absolute atomic E-state index is 13.0. The van der Waals surface area contributed by atoms with Gasteiger partial charge in [0.1, 0.15) is 0 Å². The lowest BCUT2D eigenvalue weighted by molar-refractivity contribution is -0.124. The fourth-order valence-corrected chi connectivity index (χ4v) is 3.47. The van der Waals surface area contributed by atoms with Crippen LogP contribution in [0.2, 0.25) is 0 Å². The predicted octanol–water partition coefficient (Wildman–Crippen LogP) is 3.58. The van der Waals surface area contributed by atoms with Gasteiger partial charge in [0.2, 0.25) is 17.0 Å². The number of nitrogens with zero attached hydrogens (tertiary/aromatic N) is 2. The fraction of sp³-hybridized carbons (Fsp3) is 0.583. The van der Waals surface area contributed by atoms with Crippen LogP contribution >= 0.6 is 23.1 Å². The van der Waals surface area contributed by atoms with Crippen LogP contribution in [0.5, 0.6) is 0 Å². The van der Waals surface area contributed by atoms with E-state index in [9.17, 15) is 13.6 Å². The molecule has 1 aliphatic carbocycles. The summed E-state index contributed by atoms with van der Waals surface area (Å²) in [7, 11) is 0. The molecule has 1 aliphatic rings. The molecule has 110 valence electrons. The lowest BCUT2D eigenvalue weighted by Gasteiger charge is -2.26. The van der Waals surface area contributed by atoms with E-state index >= 15 is 0 Å². The van der Waals surface area contributed by atoms with Gasteiger partial charge in [0.05, 0.1) is 0 Å². The molecule has 0 bridgehead atoms. The zero-order valence-corrected chi connectivity index (χ0v) is 12.4. The van der Waals surface area contributed by atoms with E-state index in [1.807, 2.05) is 0 Å². The average Bonchev–Trinajstić information content (AvgIpc) is 2.83. The minimum Gasteiger partial charge on any atom is -0.300 e. The van der Waals surface area contributed by atoms with E-state index in [4.69, 9.17) is 0 Å². The number of anilines is 1. The van der Waals surface area contributed by atoms with Crippen molar-refractivity contribution in [3.05, 3.63) is 12.7 Å². The lowest BCUT2D eigenvalue weighted by atomic mass is 9.86. The third-order valence-electron chi connectivity index (χ3n) is 3.05. The molecule has 1 saturated carbocycles. The molecule has 0 aromatic carbocycles. The van der Waals surface area contributed by atoms with Crippen LogP contribution in [0.3, 0.4) is 0 Å². The summed E-state index contributed by atoms with van der Waals surface area (Å²) in [6.07, 6.45) is 1.75. The topological polar surface area (TPSA) is 54.9 Å². The number of hydrogen-bond acceptors (Lipinski definition) is 5. The van der Waals surface area contributed by atoms with Crippen molar-refractivity contribution >= 4 is 34.1 Å². The summed E-state index contributed by atoms with van der Waals surface area (Å²) < 4.78 is 26.8. The Balaban J connectivity index is 1.85. The summed E-state index contributed by atoms with van der Waals surface area (Å²) in [6.45, 7) is 3.61. The number of carbonyl (C=O) groups is 1. The largest absolute Gasteiger partial charge is 0.300 e. The summed E-state index contributed by atoms with van der Waals surface area (Å²) in [6, 6.07) is 0. The highest BCUT2D eigenvalue weighted by Gasteiger charge is 2.37. The van der Waals surface area contributed by atoms with Crippen LogP contribution < -0.4 is 5.32 Å². The number of carbonyl (C=O) groups excluding carboxylic acids is 1. The standard InChI is InChI=1S/C12H15F2N3OS2/c1-2-7-19-11-17-16-10(20-11)15-9(18)8-3-5-12(13,14)6-4-8/h2,8H,1,3-7H2,(H,15,16,18). The van der Waals surface area contributed by atoms with Crippen molar-refractivity contribution in [3.63, 3.8) is 0 Å². The molecule has 2 rings (SSSR count). The van der Waals surface area contributed by atoms with Crippen molar-refractivity contribution in [3.8, 4) is 0 Å². The molecule has 1 aromatic rings. The monoisotopic (exact) mass is 319 g/mol. The van der Waals surface area contributed by atoms with Gasteiger partial charge in [-0.1, -0.05) is 29.2 Å². The number of alkyl halides is 2. The SMILES string of the molecule is C=CCSc1nnc(NC(=O)C2CCC(F)(F)CC2)s1. The highest BCUT2D eigenvalue weighted by atomic mass is 32.2. The van der Waals surface area contributed by atoms with E-state index in [-0.39, 0.29) is 37.5 Å². The van der Waals surface area contributed by atoms with Crippen molar-refractivity contribution in [1.82, 2.24) is 10.2 Å². The Hall–Kier alpha value is -1.02. The van der Waals surface area contributed by atoms with E-state index in [0.29, 0.717) is 5.13 Å². The number of amides is 1. The summed E-state index contributed by atoms with van der Waals surface area (Å²) >= 11 is 2.76. The Morgan fingerprint density at radius 1 is 1.50 bits per heavy atom. The molecule has 1 N–H and O–H groups in total. The number of halogens is 2.